The first-order valence-corrected chi connectivity index (χ1v) is 6.90. The average molecular weight is 317 g/mol. The summed E-state index contributed by atoms with van der Waals surface area (Å²) in [6, 6.07) is -1.96. The molecule has 22 heavy (non-hydrogen) atoms. The Labute approximate surface area is 128 Å². The van der Waals surface area contributed by atoms with Gasteiger partial charge < -0.3 is 26.6 Å². The van der Waals surface area contributed by atoms with Crippen molar-refractivity contribution in [1.29, 1.82) is 0 Å². The van der Waals surface area contributed by atoms with E-state index in [0.29, 0.717) is 6.42 Å². The van der Waals surface area contributed by atoms with Gasteiger partial charge >= 0.3 is 11.9 Å². The van der Waals surface area contributed by atoms with Crippen LogP contribution in [0.1, 0.15) is 33.1 Å². The van der Waals surface area contributed by atoms with Gasteiger partial charge in [-0.1, -0.05) is 13.8 Å². The molecule has 0 saturated carbocycles. The molecule has 9 nitrogen and oxygen atoms in total. The van der Waals surface area contributed by atoms with Crippen LogP contribution in [0.15, 0.2) is 0 Å². The highest BCUT2D eigenvalue weighted by atomic mass is 16.4. The predicted octanol–water partition coefficient (Wildman–Crippen LogP) is -1.09. The second-order valence-corrected chi connectivity index (χ2v) is 5.34. The largest absolute Gasteiger partial charge is 0.481 e. The van der Waals surface area contributed by atoms with E-state index in [9.17, 15) is 19.2 Å². The third kappa shape index (κ3) is 8.90. The van der Waals surface area contributed by atoms with E-state index in [1.165, 1.54) is 0 Å². The number of carboxylic acid groups (broad SMARTS) is 2. The van der Waals surface area contributed by atoms with Crippen molar-refractivity contribution in [2.24, 2.45) is 11.7 Å². The SMILES string of the molecule is CC(C)CC(N)C(=O)NC(CCC(=O)O)C(=O)NCC(=O)O. The molecule has 0 aromatic rings. The van der Waals surface area contributed by atoms with Crippen molar-refractivity contribution in [2.75, 3.05) is 6.54 Å². The molecular formula is C13H23N3O6. The number of carbonyl (C=O) groups excluding carboxylic acids is 2. The Morgan fingerprint density at radius 1 is 1.05 bits per heavy atom. The van der Waals surface area contributed by atoms with Crippen molar-refractivity contribution < 1.29 is 29.4 Å². The molecule has 2 amide bonds. The van der Waals surface area contributed by atoms with Gasteiger partial charge in [-0.15, -0.1) is 0 Å². The molecule has 126 valence electrons. The van der Waals surface area contributed by atoms with E-state index in [4.69, 9.17) is 15.9 Å². The molecule has 2 unspecified atom stereocenters. The average Bonchev–Trinajstić information content (AvgIpc) is 2.39. The van der Waals surface area contributed by atoms with Crippen LogP contribution in [0.4, 0.5) is 0 Å². The van der Waals surface area contributed by atoms with E-state index < -0.39 is 42.4 Å². The van der Waals surface area contributed by atoms with E-state index in [2.05, 4.69) is 10.6 Å². The van der Waals surface area contributed by atoms with Gasteiger partial charge in [0.05, 0.1) is 6.04 Å². The maximum Gasteiger partial charge on any atom is 0.322 e. The van der Waals surface area contributed by atoms with Crippen LogP contribution >= 0.6 is 0 Å². The minimum atomic E-state index is -1.24. The third-order valence-electron chi connectivity index (χ3n) is 2.76. The quantitative estimate of drug-likeness (QED) is 0.342. The van der Waals surface area contributed by atoms with Gasteiger partial charge in [0.15, 0.2) is 0 Å². The lowest BCUT2D eigenvalue weighted by Gasteiger charge is -2.20. The van der Waals surface area contributed by atoms with Gasteiger partial charge in [-0.3, -0.25) is 19.2 Å². The van der Waals surface area contributed by atoms with Gasteiger partial charge in [-0.05, 0) is 18.8 Å². The van der Waals surface area contributed by atoms with E-state index >= 15 is 0 Å². The molecule has 0 heterocycles. The Kier molecular flexibility index (Phi) is 8.76. The van der Waals surface area contributed by atoms with Gasteiger partial charge in [0.2, 0.25) is 11.8 Å². The summed E-state index contributed by atoms with van der Waals surface area (Å²) in [4.78, 5) is 44.7. The molecule has 0 aliphatic heterocycles. The first-order valence-electron chi connectivity index (χ1n) is 6.90. The molecule has 9 heteroatoms. The van der Waals surface area contributed by atoms with Crippen molar-refractivity contribution in [1.82, 2.24) is 10.6 Å². The first-order chi connectivity index (χ1) is 10.1. The maximum absolute atomic E-state index is 11.9. The second kappa shape index (κ2) is 9.72. The van der Waals surface area contributed by atoms with Crippen molar-refractivity contribution in [2.45, 2.75) is 45.2 Å². The first kappa shape index (κ1) is 19.8. The predicted molar refractivity (Wildman–Crippen MR) is 76.9 cm³/mol. The van der Waals surface area contributed by atoms with Crippen LogP contribution in [0.3, 0.4) is 0 Å². The zero-order valence-corrected chi connectivity index (χ0v) is 12.7. The van der Waals surface area contributed by atoms with E-state index in [1.807, 2.05) is 13.8 Å². The Morgan fingerprint density at radius 3 is 2.09 bits per heavy atom. The Balaban J connectivity index is 4.69. The monoisotopic (exact) mass is 317 g/mol. The molecule has 0 saturated heterocycles. The molecule has 0 aliphatic rings. The highest BCUT2D eigenvalue weighted by molar-refractivity contribution is 5.91. The minimum absolute atomic E-state index is 0.152. The lowest BCUT2D eigenvalue weighted by molar-refractivity contribution is -0.140. The van der Waals surface area contributed by atoms with Gasteiger partial charge in [0, 0.05) is 6.42 Å². The van der Waals surface area contributed by atoms with Crippen LogP contribution < -0.4 is 16.4 Å². The van der Waals surface area contributed by atoms with Crippen LogP contribution in [0, 0.1) is 5.92 Å². The van der Waals surface area contributed by atoms with Crippen LogP contribution in [-0.2, 0) is 19.2 Å². The van der Waals surface area contributed by atoms with Gasteiger partial charge in [0.25, 0.3) is 0 Å². The molecule has 0 aromatic heterocycles. The fourth-order valence-electron chi connectivity index (χ4n) is 1.72. The van der Waals surface area contributed by atoms with Gasteiger partial charge in [-0.2, -0.15) is 0 Å². The number of rotatable bonds is 10. The zero-order chi connectivity index (χ0) is 17.3. The standard InChI is InChI=1S/C13H23N3O6/c1-7(2)5-8(14)12(21)16-9(3-4-10(17)18)13(22)15-6-11(19)20/h7-9H,3-6,14H2,1-2H3,(H,15,22)(H,16,21)(H,17,18)(H,19,20). The molecule has 0 radical (unpaired) electrons. The number of carboxylic acids is 2. The molecule has 0 aliphatic carbocycles. The molecule has 0 fully saturated rings. The number of amides is 2. The normalized spacial score (nSPS) is 13.3. The van der Waals surface area contributed by atoms with Crippen molar-refractivity contribution >= 4 is 23.8 Å². The summed E-state index contributed by atoms with van der Waals surface area (Å²) in [5.74, 6) is -3.52. The molecule has 2 atom stereocenters. The number of nitrogens with two attached hydrogens (primary N) is 1. The minimum Gasteiger partial charge on any atom is -0.481 e. The number of hydrogen-bond acceptors (Lipinski definition) is 5. The number of nitrogens with one attached hydrogen (secondary N) is 2. The number of aliphatic carboxylic acids is 2. The van der Waals surface area contributed by atoms with Crippen LogP contribution in [0.2, 0.25) is 0 Å². The Morgan fingerprint density at radius 2 is 1.64 bits per heavy atom. The van der Waals surface area contributed by atoms with Gasteiger partial charge in [0.1, 0.15) is 12.6 Å². The van der Waals surface area contributed by atoms with Crippen molar-refractivity contribution in [3.63, 3.8) is 0 Å². The second-order valence-electron chi connectivity index (χ2n) is 5.34. The summed E-state index contributed by atoms with van der Waals surface area (Å²) < 4.78 is 0. The number of hydrogen-bond donors (Lipinski definition) is 5. The maximum atomic E-state index is 11.9. The topological polar surface area (TPSA) is 159 Å². The lowest BCUT2D eigenvalue weighted by atomic mass is 10.0. The Bertz CT molecular complexity index is 424. The molecule has 0 bridgehead atoms. The summed E-state index contributed by atoms with van der Waals surface area (Å²) in [5.41, 5.74) is 5.69. The fourth-order valence-corrected chi connectivity index (χ4v) is 1.72. The molecular weight excluding hydrogens is 294 g/mol. The highest BCUT2D eigenvalue weighted by Gasteiger charge is 2.25. The molecule has 0 rings (SSSR count). The van der Waals surface area contributed by atoms with Gasteiger partial charge in [-0.25, -0.2) is 0 Å². The summed E-state index contributed by atoms with van der Waals surface area (Å²) in [7, 11) is 0. The summed E-state index contributed by atoms with van der Waals surface area (Å²) >= 11 is 0. The van der Waals surface area contributed by atoms with Crippen molar-refractivity contribution in [3.8, 4) is 0 Å². The van der Waals surface area contributed by atoms with Crippen LogP contribution in [0.5, 0.6) is 0 Å². The molecule has 0 spiro atoms. The Hall–Kier alpha value is -2.16. The van der Waals surface area contributed by atoms with Crippen LogP contribution in [0.25, 0.3) is 0 Å². The molecule has 0 aromatic carbocycles. The number of carbonyl (C=O) groups is 4. The van der Waals surface area contributed by atoms with Crippen LogP contribution in [-0.4, -0.2) is 52.6 Å². The van der Waals surface area contributed by atoms with E-state index in [1.54, 1.807) is 0 Å². The highest BCUT2D eigenvalue weighted by Crippen LogP contribution is 2.04. The lowest BCUT2D eigenvalue weighted by Crippen LogP contribution is -2.52. The third-order valence-corrected chi connectivity index (χ3v) is 2.76. The smallest absolute Gasteiger partial charge is 0.322 e. The summed E-state index contributed by atoms with van der Waals surface area (Å²) in [6.45, 7) is 3.15. The zero-order valence-electron chi connectivity index (χ0n) is 12.7. The summed E-state index contributed by atoms with van der Waals surface area (Å²) in [5, 5.41) is 21.6. The van der Waals surface area contributed by atoms with E-state index in [-0.39, 0.29) is 18.8 Å². The summed E-state index contributed by atoms with van der Waals surface area (Å²) in [6.07, 6.45) is -0.0833. The van der Waals surface area contributed by atoms with Crippen molar-refractivity contribution in [3.05, 3.63) is 0 Å². The van der Waals surface area contributed by atoms with E-state index in [0.717, 1.165) is 0 Å². The molecule has 6 N–H and O–H groups in total. The fraction of sp³-hybridized carbons (Fsp3) is 0.692.